The van der Waals surface area contributed by atoms with Gasteiger partial charge in [0.15, 0.2) is 0 Å². The molecule has 0 aliphatic carbocycles. The highest BCUT2D eigenvalue weighted by Crippen LogP contribution is 2.30. The van der Waals surface area contributed by atoms with E-state index in [1.165, 1.54) is 6.07 Å². The Morgan fingerprint density at radius 1 is 1.06 bits per heavy atom. The third-order valence-electron chi connectivity index (χ3n) is 2.16. The van der Waals surface area contributed by atoms with Crippen LogP contribution in [0.5, 0.6) is 11.5 Å². The second-order valence-electron chi connectivity index (χ2n) is 3.33. The minimum atomic E-state index is -1.11. The molecule has 3 nitrogen and oxygen atoms in total. The summed E-state index contributed by atoms with van der Waals surface area (Å²) < 4.78 is 5.49. The molecule has 1 N–H and O–H groups in total. The van der Waals surface area contributed by atoms with Crippen molar-refractivity contribution >= 4 is 17.6 Å². The van der Waals surface area contributed by atoms with Crippen molar-refractivity contribution < 1.29 is 14.6 Å². The Hall–Kier alpha value is -2.00. The van der Waals surface area contributed by atoms with Gasteiger partial charge in [-0.3, -0.25) is 0 Å². The number of aromatic carboxylic acids is 1. The normalized spacial score (nSPS) is 9.94. The zero-order valence-corrected chi connectivity index (χ0v) is 9.52. The molecule has 4 heteroatoms. The van der Waals surface area contributed by atoms with Gasteiger partial charge in [-0.15, -0.1) is 0 Å². The minimum absolute atomic E-state index is 0.0296. The van der Waals surface area contributed by atoms with Crippen molar-refractivity contribution in [2.24, 2.45) is 0 Å². The summed E-state index contributed by atoms with van der Waals surface area (Å²) in [4.78, 5) is 11.1. The molecule has 0 saturated carbocycles. The Bertz CT molecular complexity index is 538. The first-order valence-corrected chi connectivity index (χ1v) is 5.31. The molecule has 0 spiro atoms. The molecule has 2 aromatic carbocycles. The van der Waals surface area contributed by atoms with Crippen molar-refractivity contribution in [3.8, 4) is 11.5 Å². The van der Waals surface area contributed by atoms with Crippen LogP contribution in [0.2, 0.25) is 5.02 Å². The number of carboxylic acids is 1. The molecule has 0 radical (unpaired) electrons. The lowest BCUT2D eigenvalue weighted by Crippen LogP contribution is -2.00. The summed E-state index contributed by atoms with van der Waals surface area (Å²) in [6, 6.07) is 13.7. The van der Waals surface area contributed by atoms with Crippen LogP contribution < -0.4 is 4.74 Å². The molecule has 17 heavy (non-hydrogen) atoms. The van der Waals surface area contributed by atoms with E-state index < -0.39 is 5.97 Å². The smallest absolute Gasteiger partial charge is 0.341 e. The summed E-state index contributed by atoms with van der Waals surface area (Å²) in [5.74, 6) is -0.310. The lowest BCUT2D eigenvalue weighted by atomic mass is 10.2. The number of halogens is 1. The second-order valence-corrected chi connectivity index (χ2v) is 3.74. The number of carboxylic acid groups (broad SMARTS) is 1. The summed E-state index contributed by atoms with van der Waals surface area (Å²) in [5, 5.41) is 9.22. The quantitative estimate of drug-likeness (QED) is 0.898. The lowest BCUT2D eigenvalue weighted by Gasteiger charge is -2.09. The van der Waals surface area contributed by atoms with E-state index in [4.69, 9.17) is 21.4 Å². The van der Waals surface area contributed by atoms with E-state index in [1.807, 2.05) is 6.07 Å². The van der Waals surface area contributed by atoms with Gasteiger partial charge in [0.2, 0.25) is 0 Å². The highest BCUT2D eigenvalue weighted by atomic mass is 35.5. The van der Waals surface area contributed by atoms with Gasteiger partial charge in [-0.1, -0.05) is 35.9 Å². The van der Waals surface area contributed by atoms with Gasteiger partial charge in [0, 0.05) is 0 Å². The van der Waals surface area contributed by atoms with Crippen LogP contribution >= 0.6 is 11.6 Å². The molecule has 0 aliphatic rings. The molecular formula is C13H9ClO3. The first kappa shape index (κ1) is 11.5. The molecule has 2 rings (SSSR count). The molecule has 86 valence electrons. The van der Waals surface area contributed by atoms with E-state index in [2.05, 4.69) is 0 Å². The topological polar surface area (TPSA) is 46.5 Å². The van der Waals surface area contributed by atoms with Crippen molar-refractivity contribution in [2.75, 3.05) is 0 Å². The molecule has 0 saturated heterocycles. The Morgan fingerprint density at radius 2 is 1.76 bits per heavy atom. The molecule has 2 aromatic rings. The Labute approximate surface area is 103 Å². The van der Waals surface area contributed by atoms with E-state index in [1.54, 1.807) is 36.4 Å². The van der Waals surface area contributed by atoms with Crippen LogP contribution in [-0.4, -0.2) is 11.1 Å². The number of ether oxygens (including phenoxy) is 1. The molecular weight excluding hydrogens is 240 g/mol. The highest BCUT2D eigenvalue weighted by molar-refractivity contribution is 6.33. The maximum absolute atomic E-state index is 11.1. The van der Waals surface area contributed by atoms with Gasteiger partial charge in [0.25, 0.3) is 0 Å². The number of para-hydroxylation sites is 1. The average molecular weight is 249 g/mol. The predicted octanol–water partition coefficient (Wildman–Crippen LogP) is 3.83. The largest absolute Gasteiger partial charge is 0.478 e. The van der Waals surface area contributed by atoms with Crippen LogP contribution in [0.25, 0.3) is 0 Å². The molecule has 0 heterocycles. The molecule has 0 atom stereocenters. The van der Waals surface area contributed by atoms with E-state index >= 15 is 0 Å². The molecule has 0 aromatic heterocycles. The van der Waals surface area contributed by atoms with Gasteiger partial charge in [-0.2, -0.15) is 0 Å². The summed E-state index contributed by atoms with van der Waals surface area (Å²) in [6.07, 6.45) is 0. The summed E-state index contributed by atoms with van der Waals surface area (Å²) in [6.45, 7) is 0. The second kappa shape index (κ2) is 4.89. The van der Waals surface area contributed by atoms with Crippen molar-refractivity contribution in [1.82, 2.24) is 0 Å². The summed E-state index contributed by atoms with van der Waals surface area (Å²) in [5.41, 5.74) is -0.0296. The minimum Gasteiger partial charge on any atom is -0.478 e. The van der Waals surface area contributed by atoms with Gasteiger partial charge in [0.1, 0.15) is 17.1 Å². The van der Waals surface area contributed by atoms with Crippen LogP contribution in [0, 0.1) is 0 Å². The summed E-state index contributed by atoms with van der Waals surface area (Å²) in [7, 11) is 0. The van der Waals surface area contributed by atoms with Gasteiger partial charge in [0.05, 0.1) is 5.02 Å². The number of rotatable bonds is 3. The van der Waals surface area contributed by atoms with Crippen LogP contribution in [-0.2, 0) is 0 Å². The van der Waals surface area contributed by atoms with Gasteiger partial charge < -0.3 is 9.84 Å². The zero-order valence-electron chi connectivity index (χ0n) is 8.76. The zero-order chi connectivity index (χ0) is 12.3. The fraction of sp³-hybridized carbons (Fsp3) is 0. The molecule has 0 fully saturated rings. The predicted molar refractivity (Wildman–Crippen MR) is 64.9 cm³/mol. The van der Waals surface area contributed by atoms with E-state index in [0.717, 1.165) is 0 Å². The maximum atomic E-state index is 11.1. The Balaban J connectivity index is 2.40. The number of benzene rings is 2. The van der Waals surface area contributed by atoms with E-state index in [9.17, 15) is 4.79 Å². The van der Waals surface area contributed by atoms with Crippen molar-refractivity contribution in [3.63, 3.8) is 0 Å². The van der Waals surface area contributed by atoms with Gasteiger partial charge >= 0.3 is 5.97 Å². The van der Waals surface area contributed by atoms with Crippen molar-refractivity contribution in [3.05, 3.63) is 59.1 Å². The highest BCUT2D eigenvalue weighted by Gasteiger charge is 2.15. The van der Waals surface area contributed by atoms with Gasteiger partial charge in [-0.05, 0) is 24.3 Å². The molecule has 0 unspecified atom stereocenters. The van der Waals surface area contributed by atoms with Crippen molar-refractivity contribution in [2.45, 2.75) is 0 Å². The standard InChI is InChI=1S/C13H9ClO3/c14-10-7-4-8-11(12(10)13(15)16)17-9-5-2-1-3-6-9/h1-8H,(H,15,16). The first-order valence-electron chi connectivity index (χ1n) is 4.93. The third kappa shape index (κ3) is 2.57. The first-order chi connectivity index (χ1) is 8.18. The average Bonchev–Trinajstić information content (AvgIpc) is 2.30. The summed E-state index contributed by atoms with van der Waals surface area (Å²) >= 11 is 5.83. The van der Waals surface area contributed by atoms with E-state index in [0.29, 0.717) is 5.75 Å². The fourth-order valence-electron chi connectivity index (χ4n) is 1.41. The molecule has 0 aliphatic heterocycles. The van der Waals surface area contributed by atoms with Crippen LogP contribution in [0.4, 0.5) is 0 Å². The Kier molecular flexibility index (Phi) is 3.30. The SMILES string of the molecule is O=C(O)c1c(Cl)cccc1Oc1ccccc1. The monoisotopic (exact) mass is 248 g/mol. The molecule has 0 bridgehead atoms. The fourth-order valence-corrected chi connectivity index (χ4v) is 1.66. The number of carbonyl (C=O) groups is 1. The van der Waals surface area contributed by atoms with Crippen LogP contribution in [0.3, 0.4) is 0 Å². The third-order valence-corrected chi connectivity index (χ3v) is 2.48. The van der Waals surface area contributed by atoms with Crippen molar-refractivity contribution in [1.29, 1.82) is 0 Å². The number of hydrogen-bond donors (Lipinski definition) is 1. The molecule has 0 amide bonds. The van der Waals surface area contributed by atoms with Crippen LogP contribution in [0.15, 0.2) is 48.5 Å². The lowest BCUT2D eigenvalue weighted by molar-refractivity contribution is 0.0694. The maximum Gasteiger partial charge on any atom is 0.341 e. The van der Waals surface area contributed by atoms with Gasteiger partial charge in [-0.25, -0.2) is 4.79 Å². The number of hydrogen-bond acceptors (Lipinski definition) is 2. The van der Waals surface area contributed by atoms with E-state index in [-0.39, 0.29) is 16.3 Å². The Morgan fingerprint density at radius 3 is 2.41 bits per heavy atom. The van der Waals surface area contributed by atoms with Crippen LogP contribution in [0.1, 0.15) is 10.4 Å².